The monoisotopic (exact) mass is 302 g/mol. The maximum Gasteiger partial charge on any atom is 0.0247 e. The number of nitrogens with one attached hydrogen (secondary N) is 1. The Bertz CT molecular complexity index is 307. The Morgan fingerprint density at radius 2 is 1.90 bits per heavy atom. The van der Waals surface area contributed by atoms with E-state index in [9.17, 15) is 4.21 Å². The average Bonchev–Trinajstić information content (AvgIpc) is 2.34. The molecule has 0 aromatic carbocycles. The Hall–Kier alpha value is 0.0700. The van der Waals surface area contributed by atoms with Crippen LogP contribution in [0.2, 0.25) is 0 Å². The van der Waals surface area contributed by atoms with Gasteiger partial charge < -0.3 is 5.32 Å². The van der Waals surface area contributed by atoms with Crippen molar-refractivity contribution in [2.24, 2.45) is 11.8 Å². The molecule has 1 rings (SSSR count). The third-order valence-corrected chi connectivity index (χ3v) is 5.20. The predicted octanol–water partition coefficient (Wildman–Crippen LogP) is 2.49. The zero-order valence-corrected chi connectivity index (χ0v) is 15.0. The lowest BCUT2D eigenvalue weighted by molar-refractivity contribution is 0.0564. The molecule has 0 spiro atoms. The first-order valence-corrected chi connectivity index (χ1v) is 9.83. The fraction of sp³-hybridized carbons (Fsp3) is 1.00. The van der Waals surface area contributed by atoms with Crippen LogP contribution >= 0.6 is 0 Å². The molecule has 0 aromatic rings. The van der Waals surface area contributed by atoms with Crippen molar-refractivity contribution in [1.29, 1.82) is 0 Å². The van der Waals surface area contributed by atoms with E-state index >= 15 is 0 Å². The molecule has 3 nitrogen and oxygen atoms in total. The van der Waals surface area contributed by atoms with Crippen LogP contribution in [0.3, 0.4) is 0 Å². The summed E-state index contributed by atoms with van der Waals surface area (Å²) in [5.41, 5.74) is 0. The van der Waals surface area contributed by atoms with Crippen LogP contribution < -0.4 is 5.32 Å². The fourth-order valence-electron chi connectivity index (χ4n) is 3.21. The van der Waals surface area contributed by atoms with Gasteiger partial charge >= 0.3 is 0 Å². The van der Waals surface area contributed by atoms with Gasteiger partial charge in [0.15, 0.2) is 0 Å². The Morgan fingerprint density at radius 3 is 2.40 bits per heavy atom. The molecule has 1 N–H and O–H groups in total. The standard InChI is InChI=1S/C16H34N2OS/c1-12(2)9-15-11-18(14(5)7-8-20(6)19)16(10-17-15)13(3)4/h12-17H,7-11H2,1-6H3. The molecule has 0 aliphatic carbocycles. The van der Waals surface area contributed by atoms with Gasteiger partial charge in [-0.25, -0.2) is 0 Å². The molecule has 0 bridgehead atoms. The smallest absolute Gasteiger partial charge is 0.0247 e. The largest absolute Gasteiger partial charge is 0.311 e. The molecule has 0 radical (unpaired) electrons. The van der Waals surface area contributed by atoms with E-state index in [0.29, 0.717) is 24.0 Å². The number of piperazine rings is 1. The number of nitrogens with zero attached hydrogens (tertiary/aromatic N) is 1. The van der Waals surface area contributed by atoms with Gasteiger partial charge in [0.05, 0.1) is 0 Å². The number of hydrogen-bond acceptors (Lipinski definition) is 3. The van der Waals surface area contributed by atoms with Gasteiger partial charge in [0, 0.05) is 54.0 Å². The Morgan fingerprint density at radius 1 is 1.25 bits per heavy atom. The van der Waals surface area contributed by atoms with E-state index in [4.69, 9.17) is 0 Å². The van der Waals surface area contributed by atoms with Crippen molar-refractivity contribution in [3.05, 3.63) is 0 Å². The van der Waals surface area contributed by atoms with Gasteiger partial charge in [-0.05, 0) is 31.6 Å². The molecule has 4 unspecified atom stereocenters. The molecule has 1 aliphatic rings. The van der Waals surface area contributed by atoms with Crippen molar-refractivity contribution < 1.29 is 4.21 Å². The van der Waals surface area contributed by atoms with Gasteiger partial charge in [-0.15, -0.1) is 0 Å². The number of rotatable bonds is 7. The molecule has 1 saturated heterocycles. The van der Waals surface area contributed by atoms with Crippen LogP contribution in [-0.4, -0.2) is 52.3 Å². The molecule has 4 heteroatoms. The van der Waals surface area contributed by atoms with E-state index in [-0.39, 0.29) is 0 Å². The quantitative estimate of drug-likeness (QED) is 0.784. The molecule has 1 aliphatic heterocycles. The molecule has 4 atom stereocenters. The summed E-state index contributed by atoms with van der Waals surface area (Å²) in [5.74, 6) is 2.23. The third-order valence-electron chi connectivity index (χ3n) is 4.39. The summed E-state index contributed by atoms with van der Waals surface area (Å²) >= 11 is 0. The SMILES string of the molecule is CC(C)CC1CN(C(C)CCS(C)=O)C(C(C)C)CN1. The summed E-state index contributed by atoms with van der Waals surface area (Å²) in [4.78, 5) is 2.67. The van der Waals surface area contributed by atoms with Crippen LogP contribution in [0.4, 0.5) is 0 Å². The second kappa shape index (κ2) is 8.50. The van der Waals surface area contributed by atoms with Gasteiger partial charge in [0.1, 0.15) is 0 Å². The van der Waals surface area contributed by atoms with Crippen molar-refractivity contribution in [2.75, 3.05) is 25.1 Å². The van der Waals surface area contributed by atoms with Crippen molar-refractivity contribution in [2.45, 2.75) is 65.6 Å². The van der Waals surface area contributed by atoms with E-state index in [1.807, 2.05) is 6.26 Å². The molecule has 120 valence electrons. The van der Waals surface area contributed by atoms with Gasteiger partial charge in [-0.3, -0.25) is 9.11 Å². The Kier molecular flexibility index (Phi) is 7.70. The summed E-state index contributed by atoms with van der Waals surface area (Å²) < 4.78 is 11.3. The first kappa shape index (κ1) is 18.1. The summed E-state index contributed by atoms with van der Waals surface area (Å²) in [6.45, 7) is 13.8. The maximum atomic E-state index is 11.3. The second-order valence-electron chi connectivity index (χ2n) is 7.16. The topological polar surface area (TPSA) is 32.3 Å². The minimum atomic E-state index is -0.673. The van der Waals surface area contributed by atoms with Crippen LogP contribution in [0.15, 0.2) is 0 Å². The minimum Gasteiger partial charge on any atom is -0.311 e. The highest BCUT2D eigenvalue weighted by atomic mass is 32.2. The lowest BCUT2D eigenvalue weighted by Crippen LogP contribution is -2.60. The maximum absolute atomic E-state index is 11.3. The van der Waals surface area contributed by atoms with E-state index in [1.54, 1.807) is 0 Å². The van der Waals surface area contributed by atoms with Gasteiger partial charge in [0.25, 0.3) is 0 Å². The van der Waals surface area contributed by atoms with Crippen LogP contribution in [0.5, 0.6) is 0 Å². The molecule has 1 heterocycles. The van der Waals surface area contributed by atoms with Crippen molar-refractivity contribution >= 4 is 10.8 Å². The molecular formula is C16H34N2OS. The van der Waals surface area contributed by atoms with Gasteiger partial charge in [-0.1, -0.05) is 27.7 Å². The first-order valence-electron chi connectivity index (χ1n) is 8.10. The van der Waals surface area contributed by atoms with Crippen LogP contribution in [0.25, 0.3) is 0 Å². The highest BCUT2D eigenvalue weighted by molar-refractivity contribution is 7.84. The molecule has 1 fully saturated rings. The van der Waals surface area contributed by atoms with E-state index < -0.39 is 10.8 Å². The normalized spacial score (nSPS) is 28.0. The zero-order valence-electron chi connectivity index (χ0n) is 14.2. The molecule has 20 heavy (non-hydrogen) atoms. The van der Waals surface area contributed by atoms with Crippen LogP contribution in [0.1, 0.15) is 47.5 Å². The third kappa shape index (κ3) is 5.82. The molecule has 0 amide bonds. The lowest BCUT2D eigenvalue weighted by atomic mass is 9.93. The Balaban J connectivity index is 2.64. The fourth-order valence-corrected chi connectivity index (χ4v) is 3.89. The minimum absolute atomic E-state index is 0.531. The van der Waals surface area contributed by atoms with Crippen LogP contribution in [0, 0.1) is 11.8 Å². The molecule has 0 aromatic heterocycles. The highest BCUT2D eigenvalue weighted by Crippen LogP contribution is 2.22. The summed E-state index contributed by atoms with van der Waals surface area (Å²) in [6.07, 6.45) is 4.10. The number of hydrogen-bond donors (Lipinski definition) is 1. The zero-order chi connectivity index (χ0) is 15.3. The molecule has 0 saturated carbocycles. The predicted molar refractivity (Wildman–Crippen MR) is 89.6 cm³/mol. The second-order valence-corrected chi connectivity index (χ2v) is 8.71. The summed E-state index contributed by atoms with van der Waals surface area (Å²) in [5, 5.41) is 3.73. The summed E-state index contributed by atoms with van der Waals surface area (Å²) in [7, 11) is -0.673. The van der Waals surface area contributed by atoms with Crippen molar-refractivity contribution in [3.63, 3.8) is 0 Å². The Labute approximate surface area is 128 Å². The van der Waals surface area contributed by atoms with Crippen molar-refractivity contribution in [1.82, 2.24) is 10.2 Å². The first-order chi connectivity index (χ1) is 9.31. The highest BCUT2D eigenvalue weighted by Gasteiger charge is 2.32. The summed E-state index contributed by atoms with van der Waals surface area (Å²) in [6, 6.07) is 1.75. The average molecular weight is 303 g/mol. The van der Waals surface area contributed by atoms with Gasteiger partial charge in [-0.2, -0.15) is 0 Å². The van der Waals surface area contributed by atoms with E-state index in [1.165, 1.54) is 6.42 Å². The van der Waals surface area contributed by atoms with E-state index in [2.05, 4.69) is 44.8 Å². The van der Waals surface area contributed by atoms with E-state index in [0.717, 1.165) is 31.2 Å². The lowest BCUT2D eigenvalue weighted by Gasteiger charge is -2.46. The van der Waals surface area contributed by atoms with Gasteiger partial charge in [0.2, 0.25) is 0 Å². The molecular weight excluding hydrogens is 268 g/mol. The van der Waals surface area contributed by atoms with Crippen LogP contribution in [-0.2, 0) is 10.8 Å². The van der Waals surface area contributed by atoms with Crippen molar-refractivity contribution in [3.8, 4) is 0 Å².